The van der Waals surface area contributed by atoms with Gasteiger partial charge in [0.15, 0.2) is 0 Å². The summed E-state index contributed by atoms with van der Waals surface area (Å²) in [6, 6.07) is 0. The van der Waals surface area contributed by atoms with Gasteiger partial charge in [-0.1, -0.05) is 0 Å². The highest BCUT2D eigenvalue weighted by atomic mass is 32.1. The van der Waals surface area contributed by atoms with E-state index in [-0.39, 0.29) is 0 Å². The highest BCUT2D eigenvalue weighted by Gasteiger charge is 2.32. The third-order valence-electron chi connectivity index (χ3n) is 1.75. The molecule has 0 spiro atoms. The lowest BCUT2D eigenvalue weighted by molar-refractivity contribution is -0.142. The quantitative estimate of drug-likeness (QED) is 0.817. The van der Waals surface area contributed by atoms with Crippen LogP contribution in [0, 0.1) is 0 Å². The molecule has 0 bridgehead atoms. The van der Waals surface area contributed by atoms with Crippen molar-refractivity contribution in [3.63, 3.8) is 0 Å². The molecular weight excluding hydrogens is 193 g/mol. The van der Waals surface area contributed by atoms with Crippen LogP contribution in [-0.2, 0) is 16.9 Å². The second kappa shape index (κ2) is 3.41. The van der Waals surface area contributed by atoms with Crippen LogP contribution in [-0.4, -0.2) is 16.1 Å². The lowest BCUT2D eigenvalue weighted by atomic mass is 9.95. The zero-order valence-electron chi connectivity index (χ0n) is 7.37. The molecule has 1 rings (SSSR count). The van der Waals surface area contributed by atoms with E-state index in [2.05, 4.69) is 4.98 Å². The third kappa shape index (κ3) is 1.85. The number of carboxylic acids is 1. The van der Waals surface area contributed by atoms with Gasteiger partial charge in [-0.2, -0.15) is 0 Å². The minimum atomic E-state index is -1.03. The van der Waals surface area contributed by atoms with Gasteiger partial charge in [0, 0.05) is 6.20 Å². The number of carboxylic acid groups (broad SMARTS) is 1. The van der Waals surface area contributed by atoms with E-state index in [4.69, 9.17) is 5.11 Å². The third-order valence-corrected chi connectivity index (χ3v) is 3.04. The topological polar surface area (TPSA) is 50.2 Å². The number of halogens is 1. The summed E-state index contributed by atoms with van der Waals surface area (Å²) in [6.45, 7) is 2.51. The molecule has 0 aromatic carbocycles. The van der Waals surface area contributed by atoms with E-state index >= 15 is 0 Å². The zero-order valence-corrected chi connectivity index (χ0v) is 8.19. The standard InChI is InChI=1S/C8H10FNO2S/c1-8(2,7(11)12)6-10-4-5(3-9)13-6/h4H,3H2,1-2H3,(H,11,12). The van der Waals surface area contributed by atoms with Gasteiger partial charge in [0.1, 0.15) is 17.1 Å². The maximum absolute atomic E-state index is 12.2. The predicted octanol–water partition coefficient (Wildman–Crippen LogP) is 1.97. The molecule has 0 amide bonds. The SMILES string of the molecule is CC(C)(C(=O)O)c1ncc(CF)s1. The Labute approximate surface area is 79.2 Å². The monoisotopic (exact) mass is 203 g/mol. The van der Waals surface area contributed by atoms with Crippen LogP contribution in [0.2, 0.25) is 0 Å². The minimum Gasteiger partial charge on any atom is -0.481 e. The van der Waals surface area contributed by atoms with Gasteiger partial charge in [0.25, 0.3) is 0 Å². The maximum atomic E-state index is 12.2. The second-order valence-corrected chi connectivity index (χ2v) is 4.31. The van der Waals surface area contributed by atoms with Crippen molar-refractivity contribution in [1.29, 1.82) is 0 Å². The lowest BCUT2D eigenvalue weighted by Gasteiger charge is -2.14. The zero-order chi connectivity index (χ0) is 10.1. The van der Waals surface area contributed by atoms with Crippen molar-refractivity contribution < 1.29 is 14.3 Å². The van der Waals surface area contributed by atoms with E-state index in [1.54, 1.807) is 13.8 Å². The van der Waals surface area contributed by atoms with Crippen LogP contribution in [0.15, 0.2) is 6.20 Å². The molecule has 0 saturated carbocycles. The molecule has 1 heterocycles. The van der Waals surface area contributed by atoms with Crippen LogP contribution in [0.1, 0.15) is 23.7 Å². The Balaban J connectivity index is 3.00. The number of nitrogens with zero attached hydrogens (tertiary/aromatic N) is 1. The van der Waals surface area contributed by atoms with Gasteiger partial charge in [-0.15, -0.1) is 11.3 Å². The first-order chi connectivity index (χ1) is 5.98. The summed E-state index contributed by atoms with van der Waals surface area (Å²) in [6.07, 6.45) is 1.38. The van der Waals surface area contributed by atoms with Crippen LogP contribution in [0.3, 0.4) is 0 Å². The molecule has 5 heteroatoms. The predicted molar refractivity (Wildman–Crippen MR) is 47.6 cm³/mol. The smallest absolute Gasteiger partial charge is 0.316 e. The summed E-state index contributed by atoms with van der Waals surface area (Å²) in [4.78, 5) is 15.1. The number of hydrogen-bond acceptors (Lipinski definition) is 3. The molecule has 0 saturated heterocycles. The molecule has 72 valence electrons. The van der Waals surface area contributed by atoms with Crippen LogP contribution in [0.25, 0.3) is 0 Å². The Kier molecular flexibility index (Phi) is 2.66. The van der Waals surface area contributed by atoms with Crippen molar-refractivity contribution in [2.24, 2.45) is 0 Å². The lowest BCUT2D eigenvalue weighted by Crippen LogP contribution is -2.28. The van der Waals surface area contributed by atoms with Crippen molar-refractivity contribution in [2.45, 2.75) is 25.9 Å². The van der Waals surface area contributed by atoms with E-state index in [9.17, 15) is 9.18 Å². The number of aliphatic carboxylic acids is 1. The molecule has 0 aliphatic rings. The maximum Gasteiger partial charge on any atom is 0.316 e. The number of hydrogen-bond donors (Lipinski definition) is 1. The molecule has 0 atom stereocenters. The van der Waals surface area contributed by atoms with E-state index in [0.717, 1.165) is 11.3 Å². The van der Waals surface area contributed by atoms with E-state index in [1.165, 1.54) is 6.20 Å². The number of carbonyl (C=O) groups is 1. The fourth-order valence-corrected chi connectivity index (χ4v) is 1.61. The Morgan fingerprint density at radius 2 is 2.38 bits per heavy atom. The second-order valence-electron chi connectivity index (χ2n) is 3.20. The number of aromatic nitrogens is 1. The molecule has 0 radical (unpaired) electrons. The first-order valence-electron chi connectivity index (χ1n) is 3.73. The molecule has 0 unspecified atom stereocenters. The molecule has 1 aromatic heterocycles. The largest absolute Gasteiger partial charge is 0.481 e. The van der Waals surface area contributed by atoms with Crippen molar-refractivity contribution in [3.8, 4) is 0 Å². The molecule has 0 aliphatic carbocycles. The normalized spacial score (nSPS) is 11.6. The van der Waals surface area contributed by atoms with Crippen LogP contribution in [0.5, 0.6) is 0 Å². The number of alkyl halides is 1. The summed E-state index contributed by atoms with van der Waals surface area (Å²) in [7, 11) is 0. The van der Waals surface area contributed by atoms with Gasteiger partial charge in [-0.25, -0.2) is 9.37 Å². The average molecular weight is 203 g/mol. The molecule has 1 aromatic rings. The number of thiazole rings is 1. The fourth-order valence-electron chi connectivity index (χ4n) is 0.750. The molecule has 3 nitrogen and oxygen atoms in total. The van der Waals surface area contributed by atoms with Gasteiger partial charge < -0.3 is 5.11 Å². The summed E-state index contributed by atoms with van der Waals surface area (Å²) in [5.74, 6) is -0.952. The first-order valence-corrected chi connectivity index (χ1v) is 4.54. The molecule has 0 aliphatic heterocycles. The van der Waals surface area contributed by atoms with Crippen LogP contribution >= 0.6 is 11.3 Å². The molecule has 13 heavy (non-hydrogen) atoms. The van der Waals surface area contributed by atoms with Crippen molar-refractivity contribution in [1.82, 2.24) is 4.98 Å². The Morgan fingerprint density at radius 3 is 2.77 bits per heavy atom. The van der Waals surface area contributed by atoms with Crippen molar-refractivity contribution >= 4 is 17.3 Å². The summed E-state index contributed by atoms with van der Waals surface area (Å²) < 4.78 is 12.2. The van der Waals surface area contributed by atoms with Crippen molar-refractivity contribution in [2.75, 3.05) is 0 Å². The molecule has 1 N–H and O–H groups in total. The first kappa shape index (κ1) is 10.1. The fraction of sp³-hybridized carbons (Fsp3) is 0.500. The van der Waals surface area contributed by atoms with Crippen molar-refractivity contribution in [3.05, 3.63) is 16.1 Å². The Morgan fingerprint density at radius 1 is 1.77 bits per heavy atom. The molecule has 0 fully saturated rings. The summed E-state index contributed by atoms with van der Waals surface area (Å²) >= 11 is 1.10. The van der Waals surface area contributed by atoms with Gasteiger partial charge in [0.05, 0.1) is 4.88 Å². The highest BCUT2D eigenvalue weighted by molar-refractivity contribution is 7.11. The summed E-state index contributed by atoms with van der Waals surface area (Å²) in [5, 5.41) is 9.29. The van der Waals surface area contributed by atoms with Gasteiger partial charge >= 0.3 is 5.97 Å². The minimum absolute atomic E-state index is 0.438. The Bertz CT molecular complexity index is 322. The summed E-state index contributed by atoms with van der Waals surface area (Å²) in [5.41, 5.74) is -1.03. The van der Waals surface area contributed by atoms with Gasteiger partial charge in [0.2, 0.25) is 0 Å². The van der Waals surface area contributed by atoms with E-state index in [1.807, 2.05) is 0 Å². The Hall–Kier alpha value is -0.970. The van der Waals surface area contributed by atoms with E-state index in [0.29, 0.717) is 9.88 Å². The highest BCUT2D eigenvalue weighted by Crippen LogP contribution is 2.27. The van der Waals surface area contributed by atoms with Crippen LogP contribution in [0.4, 0.5) is 4.39 Å². The van der Waals surface area contributed by atoms with Gasteiger partial charge in [-0.05, 0) is 13.8 Å². The van der Waals surface area contributed by atoms with Crippen LogP contribution < -0.4 is 0 Å². The number of rotatable bonds is 3. The molecular formula is C8H10FNO2S. The van der Waals surface area contributed by atoms with E-state index < -0.39 is 18.1 Å². The van der Waals surface area contributed by atoms with Gasteiger partial charge in [-0.3, -0.25) is 4.79 Å². The average Bonchev–Trinajstić information content (AvgIpc) is 2.51.